The van der Waals surface area contributed by atoms with E-state index in [1.54, 1.807) is 0 Å². The third kappa shape index (κ3) is 2.03. The van der Waals surface area contributed by atoms with Gasteiger partial charge in [-0.25, -0.2) is 4.99 Å². The normalized spacial score (nSPS) is 25.6. The Morgan fingerprint density at radius 1 is 1.10 bits per heavy atom. The van der Waals surface area contributed by atoms with Gasteiger partial charge in [0, 0.05) is 19.0 Å². The molecular formula is C17H19N3. The number of hydrogen-bond donors (Lipinski definition) is 1. The van der Waals surface area contributed by atoms with Gasteiger partial charge < -0.3 is 10.6 Å². The van der Waals surface area contributed by atoms with E-state index >= 15 is 0 Å². The molecule has 20 heavy (non-hydrogen) atoms. The molecule has 2 atom stereocenters. The molecule has 2 aromatic carbocycles. The molecule has 1 aliphatic heterocycles. The Kier molecular flexibility index (Phi) is 2.66. The van der Waals surface area contributed by atoms with E-state index in [-0.39, 0.29) is 0 Å². The Hall–Kier alpha value is -2.03. The fourth-order valence-corrected chi connectivity index (χ4v) is 2.92. The van der Waals surface area contributed by atoms with Crippen molar-refractivity contribution in [2.75, 3.05) is 13.1 Å². The third-order valence-corrected chi connectivity index (χ3v) is 4.44. The summed E-state index contributed by atoms with van der Waals surface area (Å²) in [4.78, 5) is 6.83. The lowest BCUT2D eigenvalue weighted by molar-refractivity contribution is 0.295. The highest BCUT2D eigenvalue weighted by atomic mass is 15.3. The van der Waals surface area contributed by atoms with Crippen molar-refractivity contribution >= 4 is 16.7 Å². The second kappa shape index (κ2) is 4.51. The molecule has 1 saturated heterocycles. The monoisotopic (exact) mass is 265 g/mol. The molecule has 4 rings (SSSR count). The van der Waals surface area contributed by atoms with Crippen LogP contribution in [0, 0.1) is 0 Å². The maximum Gasteiger partial charge on any atom is 0.191 e. The van der Waals surface area contributed by atoms with Gasteiger partial charge in [-0.05, 0) is 29.2 Å². The Morgan fingerprint density at radius 2 is 1.90 bits per heavy atom. The highest BCUT2D eigenvalue weighted by Crippen LogP contribution is 2.44. The summed E-state index contributed by atoms with van der Waals surface area (Å²) in [7, 11) is 0. The number of likely N-dealkylation sites (tertiary alicyclic amines) is 1. The van der Waals surface area contributed by atoms with Crippen LogP contribution < -0.4 is 5.73 Å². The molecule has 3 nitrogen and oxygen atoms in total. The molecule has 3 heteroatoms. The molecule has 1 heterocycles. The summed E-state index contributed by atoms with van der Waals surface area (Å²) in [5, 5.41) is 2.62. The molecule has 2 N–H and O–H groups in total. The summed E-state index contributed by atoms with van der Waals surface area (Å²) >= 11 is 0. The average Bonchev–Trinajstić information content (AvgIpc) is 3.15. The lowest BCUT2D eigenvalue weighted by Crippen LogP contribution is -2.46. The molecule has 0 bridgehead atoms. The standard InChI is InChI=1S/C17H19N3/c18-17(20-8-3-9-20)19-16-11-15(16)14-7-6-12-4-1-2-5-13(12)10-14/h1-2,4-7,10,15-16H,3,8-9,11H2,(H2,18,19)/t15-,16+/m0/s1. The maximum absolute atomic E-state index is 6.03. The van der Waals surface area contributed by atoms with Crippen molar-refractivity contribution in [1.29, 1.82) is 0 Å². The van der Waals surface area contributed by atoms with Gasteiger partial charge in [-0.1, -0.05) is 42.5 Å². The quantitative estimate of drug-likeness (QED) is 0.670. The molecule has 1 saturated carbocycles. The van der Waals surface area contributed by atoms with Crippen LogP contribution in [0.3, 0.4) is 0 Å². The number of fused-ring (bicyclic) bond motifs is 1. The van der Waals surface area contributed by atoms with Crippen LogP contribution in [0.2, 0.25) is 0 Å². The van der Waals surface area contributed by atoms with Gasteiger partial charge in [-0.2, -0.15) is 0 Å². The molecule has 0 unspecified atom stereocenters. The molecule has 2 aliphatic rings. The second-order valence-electron chi connectivity index (χ2n) is 5.84. The topological polar surface area (TPSA) is 41.6 Å². The molecule has 2 fully saturated rings. The van der Waals surface area contributed by atoms with E-state index in [0.29, 0.717) is 12.0 Å². The van der Waals surface area contributed by atoms with Crippen molar-refractivity contribution < 1.29 is 0 Å². The first kappa shape index (κ1) is 11.8. The van der Waals surface area contributed by atoms with E-state index in [2.05, 4.69) is 52.4 Å². The first-order chi connectivity index (χ1) is 9.81. The van der Waals surface area contributed by atoms with Gasteiger partial charge in [-0.15, -0.1) is 0 Å². The summed E-state index contributed by atoms with van der Waals surface area (Å²) in [6, 6.07) is 15.6. The van der Waals surface area contributed by atoms with Crippen LogP contribution in [0.4, 0.5) is 0 Å². The minimum absolute atomic E-state index is 0.386. The van der Waals surface area contributed by atoms with Gasteiger partial charge in [0.2, 0.25) is 0 Å². The number of nitrogens with zero attached hydrogens (tertiary/aromatic N) is 2. The minimum Gasteiger partial charge on any atom is -0.370 e. The van der Waals surface area contributed by atoms with Crippen LogP contribution in [0.5, 0.6) is 0 Å². The molecule has 0 radical (unpaired) electrons. The van der Waals surface area contributed by atoms with Crippen LogP contribution in [-0.2, 0) is 0 Å². The molecular weight excluding hydrogens is 246 g/mol. The first-order valence-corrected chi connectivity index (χ1v) is 7.38. The highest BCUT2D eigenvalue weighted by Gasteiger charge is 2.39. The summed E-state index contributed by atoms with van der Waals surface area (Å²) < 4.78 is 0. The van der Waals surface area contributed by atoms with E-state index in [1.165, 1.54) is 22.8 Å². The molecule has 0 amide bonds. The van der Waals surface area contributed by atoms with Crippen LogP contribution in [-0.4, -0.2) is 30.0 Å². The lowest BCUT2D eigenvalue weighted by atomic mass is 10.0. The van der Waals surface area contributed by atoms with Crippen LogP contribution in [0.15, 0.2) is 47.5 Å². The Labute approximate surface area is 119 Å². The predicted octanol–water partition coefficient (Wildman–Crippen LogP) is 2.72. The maximum atomic E-state index is 6.03. The number of guanidine groups is 1. The Bertz CT molecular complexity index is 673. The predicted molar refractivity (Wildman–Crippen MR) is 82.9 cm³/mol. The van der Waals surface area contributed by atoms with Crippen LogP contribution >= 0.6 is 0 Å². The number of aliphatic imine (C=N–C) groups is 1. The van der Waals surface area contributed by atoms with Gasteiger partial charge in [0.1, 0.15) is 0 Å². The number of hydrogen-bond acceptors (Lipinski definition) is 1. The van der Waals surface area contributed by atoms with Crippen LogP contribution in [0.1, 0.15) is 24.3 Å². The SMILES string of the molecule is NC(=N[C@@H]1C[C@H]1c1ccc2ccccc2c1)N1CCC1. The van der Waals surface area contributed by atoms with Gasteiger partial charge in [0.15, 0.2) is 5.96 Å². The zero-order valence-corrected chi connectivity index (χ0v) is 11.5. The van der Waals surface area contributed by atoms with E-state index < -0.39 is 0 Å². The van der Waals surface area contributed by atoms with Crippen LogP contribution in [0.25, 0.3) is 10.8 Å². The van der Waals surface area contributed by atoms with Crippen molar-refractivity contribution in [3.05, 3.63) is 48.0 Å². The summed E-state index contributed by atoms with van der Waals surface area (Å²) in [6.45, 7) is 2.14. The van der Waals surface area contributed by atoms with E-state index in [1.807, 2.05) is 0 Å². The zero-order valence-electron chi connectivity index (χ0n) is 11.5. The molecule has 102 valence electrons. The minimum atomic E-state index is 0.386. The van der Waals surface area contributed by atoms with Gasteiger partial charge >= 0.3 is 0 Å². The second-order valence-corrected chi connectivity index (χ2v) is 5.84. The number of benzene rings is 2. The van der Waals surface area contributed by atoms with Gasteiger partial charge in [0.05, 0.1) is 6.04 Å². The summed E-state index contributed by atoms with van der Waals surface area (Å²) in [5.74, 6) is 1.30. The van der Waals surface area contributed by atoms with Gasteiger partial charge in [-0.3, -0.25) is 0 Å². The first-order valence-electron chi connectivity index (χ1n) is 7.38. The highest BCUT2D eigenvalue weighted by molar-refractivity contribution is 5.83. The van der Waals surface area contributed by atoms with Gasteiger partial charge in [0.25, 0.3) is 0 Å². The van der Waals surface area contributed by atoms with Crippen molar-refractivity contribution in [2.45, 2.75) is 24.8 Å². The van der Waals surface area contributed by atoms with E-state index in [4.69, 9.17) is 5.73 Å². The Morgan fingerprint density at radius 3 is 2.65 bits per heavy atom. The molecule has 2 aromatic rings. The van der Waals surface area contributed by atoms with Crippen molar-refractivity contribution in [1.82, 2.24) is 4.90 Å². The van der Waals surface area contributed by atoms with Crippen molar-refractivity contribution in [3.8, 4) is 0 Å². The van der Waals surface area contributed by atoms with Crippen molar-refractivity contribution in [2.24, 2.45) is 10.7 Å². The average molecular weight is 265 g/mol. The summed E-state index contributed by atoms with van der Waals surface area (Å²) in [5.41, 5.74) is 7.42. The molecule has 0 spiro atoms. The van der Waals surface area contributed by atoms with E-state index in [9.17, 15) is 0 Å². The largest absolute Gasteiger partial charge is 0.370 e. The number of rotatable bonds is 2. The zero-order chi connectivity index (χ0) is 13.5. The molecule has 1 aliphatic carbocycles. The lowest BCUT2D eigenvalue weighted by Gasteiger charge is -2.31. The third-order valence-electron chi connectivity index (χ3n) is 4.44. The fourth-order valence-electron chi connectivity index (χ4n) is 2.92. The summed E-state index contributed by atoms with van der Waals surface area (Å²) in [6.07, 6.45) is 2.38. The smallest absolute Gasteiger partial charge is 0.191 e. The fraction of sp³-hybridized carbons (Fsp3) is 0.353. The van der Waals surface area contributed by atoms with E-state index in [0.717, 1.165) is 25.5 Å². The molecule has 0 aromatic heterocycles. The van der Waals surface area contributed by atoms with Crippen molar-refractivity contribution in [3.63, 3.8) is 0 Å². The Balaban J connectivity index is 1.53. The number of nitrogens with two attached hydrogens (primary N) is 1.